The zero-order valence-corrected chi connectivity index (χ0v) is 9.57. The van der Waals surface area contributed by atoms with Crippen LogP contribution in [-0.2, 0) is 4.74 Å². The minimum atomic E-state index is 0.712. The van der Waals surface area contributed by atoms with Crippen LogP contribution in [0.15, 0.2) is 35.8 Å². The zero-order valence-electron chi connectivity index (χ0n) is 9.57. The first kappa shape index (κ1) is 10.3. The first-order valence-corrected chi connectivity index (χ1v) is 5.74. The van der Waals surface area contributed by atoms with Crippen molar-refractivity contribution in [3.05, 3.63) is 42.0 Å². The van der Waals surface area contributed by atoms with Gasteiger partial charge in [0.1, 0.15) is 0 Å². The van der Waals surface area contributed by atoms with Gasteiger partial charge in [0.15, 0.2) is 0 Å². The molecule has 1 aromatic rings. The molecule has 0 saturated carbocycles. The van der Waals surface area contributed by atoms with Crippen molar-refractivity contribution in [3.63, 3.8) is 0 Å². The van der Waals surface area contributed by atoms with Gasteiger partial charge in [-0.1, -0.05) is 24.8 Å². The third kappa shape index (κ3) is 1.89. The van der Waals surface area contributed by atoms with E-state index in [1.807, 2.05) is 0 Å². The molecule has 0 amide bonds. The summed E-state index contributed by atoms with van der Waals surface area (Å²) in [7, 11) is 0. The number of hydrogen-bond donors (Lipinski definition) is 1. The number of nitrogens with zero attached hydrogens (tertiary/aromatic N) is 1. The van der Waals surface area contributed by atoms with Gasteiger partial charge in [-0.3, -0.25) is 0 Å². The van der Waals surface area contributed by atoms with Crippen LogP contribution in [0.1, 0.15) is 17.5 Å². The summed E-state index contributed by atoms with van der Waals surface area (Å²) in [6, 6.07) is 6.32. The molecule has 17 heavy (non-hydrogen) atoms. The van der Waals surface area contributed by atoms with Crippen LogP contribution in [0.3, 0.4) is 0 Å². The summed E-state index contributed by atoms with van der Waals surface area (Å²) in [6.45, 7) is 5.48. The smallest absolute Gasteiger partial charge is 0.0930 e. The zero-order chi connectivity index (χ0) is 11.7. The maximum absolute atomic E-state index is 5.32. The van der Waals surface area contributed by atoms with Gasteiger partial charge < -0.3 is 10.1 Å². The Kier molecular flexibility index (Phi) is 2.53. The fraction of sp³-hybridized carbons (Fsp3) is 0.214. The third-order valence-corrected chi connectivity index (χ3v) is 3.10. The number of benzene rings is 1. The Morgan fingerprint density at radius 2 is 2.29 bits per heavy atom. The van der Waals surface area contributed by atoms with Crippen LogP contribution >= 0.6 is 0 Å². The second-order valence-electron chi connectivity index (χ2n) is 4.17. The molecule has 1 N–H and O–H groups in total. The van der Waals surface area contributed by atoms with E-state index in [1.54, 1.807) is 6.34 Å². The lowest BCUT2D eigenvalue weighted by Gasteiger charge is -2.17. The fourth-order valence-corrected chi connectivity index (χ4v) is 2.14. The van der Waals surface area contributed by atoms with Crippen LogP contribution in [0.5, 0.6) is 0 Å². The van der Waals surface area contributed by atoms with E-state index in [9.17, 15) is 0 Å². The van der Waals surface area contributed by atoms with Crippen LogP contribution in [-0.4, -0.2) is 19.6 Å². The average molecular weight is 226 g/mol. The van der Waals surface area contributed by atoms with Crippen LogP contribution in [0, 0.1) is 0 Å². The van der Waals surface area contributed by atoms with E-state index in [1.165, 1.54) is 11.1 Å². The monoisotopic (exact) mass is 226 g/mol. The minimum absolute atomic E-state index is 0.712. The molecule has 2 aliphatic rings. The molecule has 3 rings (SSSR count). The van der Waals surface area contributed by atoms with Crippen molar-refractivity contribution in [3.8, 4) is 0 Å². The van der Waals surface area contributed by atoms with Crippen molar-refractivity contribution in [1.82, 2.24) is 5.32 Å². The molecule has 3 heteroatoms. The Labute approximate surface area is 101 Å². The van der Waals surface area contributed by atoms with Gasteiger partial charge in [0.2, 0.25) is 0 Å². The topological polar surface area (TPSA) is 33.6 Å². The second-order valence-corrected chi connectivity index (χ2v) is 4.17. The molecular weight excluding hydrogens is 212 g/mol. The molecule has 0 atom stereocenters. The van der Waals surface area contributed by atoms with Crippen LogP contribution in [0.2, 0.25) is 0 Å². The van der Waals surface area contributed by atoms with E-state index in [-0.39, 0.29) is 0 Å². The SMILES string of the molecule is C=C1NC=Nc2cc(C3=CCOCC3)ccc21. The number of fused-ring (bicyclic) bond motifs is 1. The second kappa shape index (κ2) is 4.18. The molecule has 1 aromatic carbocycles. The Hall–Kier alpha value is -1.87. The third-order valence-electron chi connectivity index (χ3n) is 3.10. The van der Waals surface area contributed by atoms with E-state index >= 15 is 0 Å². The van der Waals surface area contributed by atoms with Gasteiger partial charge in [0, 0.05) is 11.3 Å². The van der Waals surface area contributed by atoms with Gasteiger partial charge in [-0.15, -0.1) is 0 Å². The molecule has 0 aromatic heterocycles. The molecule has 86 valence electrons. The van der Waals surface area contributed by atoms with Crippen molar-refractivity contribution in [2.45, 2.75) is 6.42 Å². The molecule has 0 saturated heterocycles. The standard InChI is InChI=1S/C14H14N2O/c1-10-13-3-2-12(8-14(13)16-9-15-10)11-4-6-17-7-5-11/h2-4,8-9H,1,5-7H2,(H,15,16). The van der Waals surface area contributed by atoms with Crippen molar-refractivity contribution in [2.75, 3.05) is 13.2 Å². The molecule has 2 aliphatic heterocycles. The van der Waals surface area contributed by atoms with E-state index in [0.717, 1.165) is 30.0 Å². The number of nitrogens with one attached hydrogen (secondary N) is 1. The van der Waals surface area contributed by atoms with E-state index in [2.05, 4.69) is 41.2 Å². The molecule has 0 radical (unpaired) electrons. The minimum Gasteiger partial charge on any atom is -0.377 e. The molecule has 0 unspecified atom stereocenters. The summed E-state index contributed by atoms with van der Waals surface area (Å²) in [5.41, 5.74) is 5.54. The summed E-state index contributed by atoms with van der Waals surface area (Å²) in [5.74, 6) is 0. The molecule has 0 spiro atoms. The number of hydrogen-bond acceptors (Lipinski definition) is 3. The van der Waals surface area contributed by atoms with Crippen LogP contribution in [0.25, 0.3) is 11.3 Å². The van der Waals surface area contributed by atoms with Crippen LogP contribution in [0.4, 0.5) is 5.69 Å². The van der Waals surface area contributed by atoms with Gasteiger partial charge in [-0.25, -0.2) is 4.99 Å². The highest BCUT2D eigenvalue weighted by Gasteiger charge is 2.12. The van der Waals surface area contributed by atoms with Gasteiger partial charge in [-0.2, -0.15) is 0 Å². The molecule has 2 heterocycles. The Balaban J connectivity index is 2.01. The maximum atomic E-state index is 5.32. The van der Waals surface area contributed by atoms with E-state index in [4.69, 9.17) is 4.74 Å². The number of aliphatic imine (C=N–C) groups is 1. The lowest BCUT2D eigenvalue weighted by molar-refractivity contribution is 0.161. The normalized spacial score (nSPS) is 18.4. The summed E-state index contributed by atoms with van der Waals surface area (Å²) in [4.78, 5) is 4.34. The molecule has 0 bridgehead atoms. The van der Waals surface area contributed by atoms with Crippen molar-refractivity contribution in [2.24, 2.45) is 4.99 Å². The first-order valence-electron chi connectivity index (χ1n) is 5.74. The van der Waals surface area contributed by atoms with Crippen molar-refractivity contribution in [1.29, 1.82) is 0 Å². The fourth-order valence-electron chi connectivity index (χ4n) is 2.14. The highest BCUT2D eigenvalue weighted by Crippen LogP contribution is 2.31. The van der Waals surface area contributed by atoms with E-state index in [0.29, 0.717) is 6.61 Å². The largest absolute Gasteiger partial charge is 0.377 e. The van der Waals surface area contributed by atoms with Gasteiger partial charge in [0.05, 0.1) is 25.2 Å². The van der Waals surface area contributed by atoms with Crippen molar-refractivity contribution >= 4 is 23.3 Å². The van der Waals surface area contributed by atoms with Crippen LogP contribution < -0.4 is 5.32 Å². The first-order chi connectivity index (χ1) is 8.34. The van der Waals surface area contributed by atoms with Gasteiger partial charge >= 0.3 is 0 Å². The summed E-state index contributed by atoms with van der Waals surface area (Å²) in [5, 5.41) is 3.02. The lowest BCUT2D eigenvalue weighted by atomic mass is 9.98. The van der Waals surface area contributed by atoms with Gasteiger partial charge in [-0.05, 0) is 23.6 Å². The number of ether oxygens (including phenoxy) is 1. The Morgan fingerprint density at radius 3 is 3.12 bits per heavy atom. The quantitative estimate of drug-likeness (QED) is 0.798. The predicted molar refractivity (Wildman–Crippen MR) is 70.2 cm³/mol. The maximum Gasteiger partial charge on any atom is 0.0930 e. The Bertz CT molecular complexity index is 529. The highest BCUT2D eigenvalue weighted by atomic mass is 16.5. The number of rotatable bonds is 1. The predicted octanol–water partition coefficient (Wildman–Crippen LogP) is 2.72. The summed E-state index contributed by atoms with van der Waals surface area (Å²) < 4.78 is 5.32. The molecule has 3 nitrogen and oxygen atoms in total. The summed E-state index contributed by atoms with van der Waals surface area (Å²) >= 11 is 0. The average Bonchev–Trinajstić information content (AvgIpc) is 2.40. The molecular formula is C14H14N2O. The van der Waals surface area contributed by atoms with Crippen molar-refractivity contribution < 1.29 is 4.74 Å². The molecule has 0 fully saturated rings. The van der Waals surface area contributed by atoms with E-state index < -0.39 is 0 Å². The lowest BCUT2D eigenvalue weighted by Crippen LogP contribution is -2.12. The molecule has 0 aliphatic carbocycles. The Morgan fingerprint density at radius 1 is 1.35 bits per heavy atom. The van der Waals surface area contributed by atoms with Gasteiger partial charge in [0.25, 0.3) is 0 Å². The highest BCUT2D eigenvalue weighted by molar-refractivity contribution is 5.87. The summed E-state index contributed by atoms with van der Waals surface area (Å²) in [6.07, 6.45) is 4.80.